The summed E-state index contributed by atoms with van der Waals surface area (Å²) in [5.74, 6) is -15.7. The number of nitrogens with one attached hydrogen (secondary N) is 11. The third-order valence-corrected chi connectivity index (χ3v) is 18.3. The minimum atomic E-state index is -2.44. The van der Waals surface area contributed by atoms with Gasteiger partial charge >= 0.3 is 18.0 Å². The number of imidazole rings is 1. The number of primary amides is 1. The third-order valence-electron chi connectivity index (χ3n) is 18.3. The summed E-state index contributed by atoms with van der Waals surface area (Å²) in [7, 11) is 2.62. The monoisotopic (exact) mass is 1550 g/mol. The Morgan fingerprint density at radius 3 is 1.91 bits per heavy atom. The van der Waals surface area contributed by atoms with Crippen LogP contribution in [0.3, 0.4) is 0 Å². The number of rotatable bonds is 42. The number of alkyl carbamates (subject to hydrolysis) is 1. The van der Waals surface area contributed by atoms with Gasteiger partial charge in [0.05, 0.1) is 64.6 Å². The van der Waals surface area contributed by atoms with Crippen molar-refractivity contribution in [3.8, 4) is 22.6 Å². The van der Waals surface area contributed by atoms with E-state index in [0.29, 0.717) is 29.2 Å². The van der Waals surface area contributed by atoms with Crippen LogP contribution in [0.15, 0.2) is 110 Å². The molecule has 0 saturated carbocycles. The van der Waals surface area contributed by atoms with E-state index >= 15 is 4.39 Å². The summed E-state index contributed by atoms with van der Waals surface area (Å²) in [6.45, 7) is 4.01. The molecule has 111 heavy (non-hydrogen) atoms. The van der Waals surface area contributed by atoms with Crippen LogP contribution in [0.25, 0.3) is 11.1 Å². The zero-order valence-corrected chi connectivity index (χ0v) is 62.1. The Morgan fingerprint density at radius 1 is 0.676 bits per heavy atom. The van der Waals surface area contributed by atoms with Gasteiger partial charge in [-0.1, -0.05) is 73.7 Å². The number of nitrogens with zero attached hydrogens (tertiary/aromatic N) is 2. The first-order valence-corrected chi connectivity index (χ1v) is 35.4. The summed E-state index contributed by atoms with van der Waals surface area (Å²) in [5.41, 5.74) is 4.76. The lowest BCUT2D eigenvalue weighted by Gasteiger charge is -2.37. The molecule has 0 radical (unpaired) electrons. The number of ether oxygens (including phenoxy) is 3. The molecule has 600 valence electrons. The molecular formula is C74H95FN14O22. The normalized spacial score (nSPS) is 16.3. The van der Waals surface area contributed by atoms with E-state index < -0.39 is 199 Å². The second-order valence-corrected chi connectivity index (χ2v) is 26.7. The number of aliphatic hydroxyl groups excluding tert-OH is 3. The van der Waals surface area contributed by atoms with Gasteiger partial charge in [0.2, 0.25) is 65.0 Å². The second kappa shape index (κ2) is 41.4. The van der Waals surface area contributed by atoms with E-state index in [-0.39, 0.29) is 50.8 Å². The number of para-hydroxylation sites is 1. The van der Waals surface area contributed by atoms with Gasteiger partial charge in [0, 0.05) is 44.8 Å². The number of nitrogens with two attached hydrogens (primary N) is 1. The SMILES string of the molecule is CCc1cc(OC)ccc1-c1ccc(C[C@H](NC(=O)[C@H](CC(=O)O)NC(=O)[C@H](CO)NC(=O)[C@@H](NC(=O)[C@](C)(Cc2ccccc2F)NC(=O)[C@@H](NC(=O)CNC(=O)[C@H](CCC(=O)O)NC(=O)[C@]2(C)CCCN2C(=O)[C@H](Cc2c[nH]cn2)NC(=O)OC)[C@@H](C)O)[C@@H](C)O)C(=O)N[C@@H](CCOc2ccccc2)C(N)=O)cc1. The second-order valence-electron chi connectivity index (χ2n) is 26.7. The topological polar surface area (TPSA) is 546 Å². The van der Waals surface area contributed by atoms with Gasteiger partial charge in [0.15, 0.2) is 0 Å². The molecule has 6 rings (SSSR count). The molecular weight excluding hydrogens is 1460 g/mol. The number of aliphatic carboxylic acids is 2. The van der Waals surface area contributed by atoms with Crippen LogP contribution in [-0.4, -0.2) is 236 Å². The van der Waals surface area contributed by atoms with Gasteiger partial charge < -0.3 is 109 Å². The van der Waals surface area contributed by atoms with Crippen molar-refractivity contribution in [2.45, 2.75) is 170 Å². The molecule has 12 atom stereocenters. The maximum atomic E-state index is 15.5. The van der Waals surface area contributed by atoms with Gasteiger partial charge in [-0.15, -0.1) is 0 Å². The van der Waals surface area contributed by atoms with Crippen molar-refractivity contribution in [3.05, 3.63) is 138 Å². The molecule has 0 aliphatic carbocycles. The van der Waals surface area contributed by atoms with E-state index in [0.717, 1.165) is 50.6 Å². The first-order chi connectivity index (χ1) is 52.6. The number of carboxylic acids is 2. The number of methoxy groups -OCH3 is 2. The van der Waals surface area contributed by atoms with E-state index in [1.54, 1.807) is 60.7 Å². The fraction of sp³-hybridized carbons (Fsp3) is 0.446. The molecule has 12 amide bonds. The zero-order chi connectivity index (χ0) is 81.9. The number of halogens is 1. The number of hydrogen-bond acceptors (Lipinski definition) is 21. The summed E-state index contributed by atoms with van der Waals surface area (Å²) in [4.78, 5) is 199. The van der Waals surface area contributed by atoms with Crippen LogP contribution in [0.1, 0.15) is 95.5 Å². The lowest BCUT2D eigenvalue weighted by Crippen LogP contribution is -2.67. The number of benzene rings is 4. The molecule has 18 N–H and O–H groups in total. The average Bonchev–Trinajstić information content (AvgIpc) is 1.68. The van der Waals surface area contributed by atoms with Crippen molar-refractivity contribution in [1.82, 2.24) is 68.0 Å². The molecule has 37 heteroatoms. The third kappa shape index (κ3) is 25.5. The van der Waals surface area contributed by atoms with Crippen LogP contribution in [0.2, 0.25) is 0 Å². The van der Waals surface area contributed by atoms with E-state index in [4.69, 9.17) is 19.9 Å². The standard InChI is InChI=1S/C74H95FN14O22/c1-8-43-32-48(109-6)23-24-49(43)44-21-19-42(20-22-44)31-53(64(100)80-51(62(76)98)27-30-111-47-16-10-9-11-17-47)81-65(101)54(34-59(96)97)82-66(102)56(38-90)83-67(103)60(40(2)91)87-70(106)73(4,35-45-15-12-13-18-50(45)75)88-68(104)61(41(3)92)86-57(93)37-78-63(99)52(25-26-58(94)95)84-71(107)74(5)28-14-29-89(74)69(105)55(85-72(108)110-7)33-46-36-77-39-79-46/h9-13,15-24,32,36,39-41,51-56,60-61,90-92H,8,14,25-31,33-35,37-38H2,1-7H3,(H2,76,98)(H,77,79)(H,78,99)(H,80,100)(H,81,101)(H,82,102)(H,83,103)(H,84,107)(H,85,108)(H,86,93)(H,87,106)(H,88,104)(H,94,95)(H,96,97)/t40-,41-,51+,52+,53+,54+,55+,56+,60+,61+,73+,74+/m1/s1. The van der Waals surface area contributed by atoms with Crippen LogP contribution in [0, 0.1) is 5.82 Å². The highest BCUT2D eigenvalue weighted by atomic mass is 19.1. The molecule has 1 aliphatic rings. The number of carboxylic acid groups (broad SMARTS) is 2. The first kappa shape index (κ1) is 87.8. The summed E-state index contributed by atoms with van der Waals surface area (Å²) in [5, 5.41) is 75.3. The van der Waals surface area contributed by atoms with Gasteiger partial charge in [-0.3, -0.25) is 62.3 Å². The van der Waals surface area contributed by atoms with Crippen LogP contribution in [0.4, 0.5) is 9.18 Å². The first-order valence-electron chi connectivity index (χ1n) is 35.4. The Morgan fingerprint density at radius 2 is 1.31 bits per heavy atom. The summed E-state index contributed by atoms with van der Waals surface area (Å²) in [6, 6.07) is 11.4. The van der Waals surface area contributed by atoms with Crippen molar-refractivity contribution in [1.29, 1.82) is 0 Å². The number of likely N-dealkylation sites (tertiary alicyclic amines) is 1. The zero-order valence-electron chi connectivity index (χ0n) is 62.1. The Hall–Kier alpha value is -12.1. The lowest BCUT2D eigenvalue weighted by atomic mass is 9.90. The highest BCUT2D eigenvalue weighted by Crippen LogP contribution is 2.32. The number of hydrogen-bond donors (Lipinski definition) is 17. The average molecular weight is 1550 g/mol. The van der Waals surface area contributed by atoms with Gasteiger partial charge in [-0.25, -0.2) is 14.2 Å². The summed E-state index contributed by atoms with van der Waals surface area (Å²) >= 11 is 0. The predicted molar refractivity (Wildman–Crippen MR) is 391 cm³/mol. The Labute approximate surface area is 637 Å². The minimum absolute atomic E-state index is 0.0126. The molecule has 36 nitrogen and oxygen atoms in total. The smallest absolute Gasteiger partial charge is 0.407 e. The van der Waals surface area contributed by atoms with Gasteiger partial charge in [0.1, 0.15) is 76.7 Å². The molecule has 0 bridgehead atoms. The van der Waals surface area contributed by atoms with Crippen molar-refractivity contribution >= 4 is 83.0 Å². The molecule has 1 aliphatic heterocycles. The Kier molecular flexibility index (Phi) is 32.8. The number of H-pyrrole nitrogens is 1. The maximum Gasteiger partial charge on any atom is 0.407 e. The van der Waals surface area contributed by atoms with E-state index in [9.17, 15) is 92.7 Å². The predicted octanol–water partition coefficient (Wildman–Crippen LogP) is -1.65. The van der Waals surface area contributed by atoms with Gasteiger partial charge in [0.25, 0.3) is 0 Å². The van der Waals surface area contributed by atoms with Crippen LogP contribution in [0.5, 0.6) is 11.5 Å². The Bertz CT molecular complexity index is 4120. The highest BCUT2D eigenvalue weighted by Gasteiger charge is 2.49. The van der Waals surface area contributed by atoms with Crippen LogP contribution in [-0.2, 0) is 92.7 Å². The lowest BCUT2D eigenvalue weighted by molar-refractivity contribution is -0.146. The molecule has 4 aromatic carbocycles. The van der Waals surface area contributed by atoms with E-state index in [1.165, 1.54) is 49.7 Å². The molecule has 1 fully saturated rings. The highest BCUT2D eigenvalue weighted by molar-refractivity contribution is 6.01. The van der Waals surface area contributed by atoms with Crippen molar-refractivity contribution in [2.75, 3.05) is 40.5 Å². The molecule has 0 unspecified atom stereocenters. The fourth-order valence-corrected chi connectivity index (χ4v) is 12.1. The molecule has 1 aromatic heterocycles. The maximum absolute atomic E-state index is 15.5. The number of carbonyl (C=O) groups is 14. The summed E-state index contributed by atoms with van der Waals surface area (Å²) < 4.78 is 31.3. The molecule has 1 saturated heterocycles. The largest absolute Gasteiger partial charge is 0.497 e. The van der Waals surface area contributed by atoms with Gasteiger partial charge in [-0.2, -0.15) is 0 Å². The van der Waals surface area contributed by atoms with Crippen molar-refractivity contribution in [3.63, 3.8) is 0 Å². The van der Waals surface area contributed by atoms with E-state index in [2.05, 4.69) is 63.1 Å². The van der Waals surface area contributed by atoms with Gasteiger partial charge in [-0.05, 0) is 112 Å². The van der Waals surface area contributed by atoms with Crippen molar-refractivity contribution in [2.24, 2.45) is 5.73 Å². The van der Waals surface area contributed by atoms with Crippen LogP contribution >= 0.6 is 0 Å². The number of aryl methyl sites for hydroxylation is 1. The number of aliphatic hydroxyl groups is 3. The number of aromatic amines is 1. The quantitative estimate of drug-likeness (QED) is 0.0208. The van der Waals surface area contributed by atoms with E-state index in [1.807, 2.05) is 19.1 Å². The fourth-order valence-electron chi connectivity index (χ4n) is 12.1. The Balaban J connectivity index is 1.16. The van der Waals surface area contributed by atoms with Crippen molar-refractivity contribution < 1.29 is 111 Å². The molecule has 5 aromatic rings. The molecule has 0 spiro atoms. The minimum Gasteiger partial charge on any atom is -0.497 e. The summed E-state index contributed by atoms with van der Waals surface area (Å²) in [6.07, 6.45) is -4.71. The van der Waals surface area contributed by atoms with Crippen LogP contribution < -0.4 is 68.4 Å². The number of aromatic nitrogens is 2. The number of amides is 12. The molecule has 2 heterocycles. The number of carbonyl (C=O) groups excluding carboxylic acids is 12.